The van der Waals surface area contributed by atoms with Crippen LogP contribution in [0.4, 0.5) is 0 Å². The molecule has 0 bridgehead atoms. The lowest BCUT2D eigenvalue weighted by molar-refractivity contribution is 0.456. The first-order valence-electron chi connectivity index (χ1n) is 7.81. The first-order chi connectivity index (χ1) is 10.8. The zero-order valence-electron chi connectivity index (χ0n) is 12.5. The zero-order valence-corrected chi connectivity index (χ0v) is 12.5. The minimum atomic E-state index is 0.956. The van der Waals surface area contributed by atoms with Crippen LogP contribution in [0.2, 0.25) is 0 Å². The van der Waals surface area contributed by atoms with Gasteiger partial charge in [-0.25, -0.2) is 0 Å². The summed E-state index contributed by atoms with van der Waals surface area (Å²) in [6.07, 6.45) is 6.38. The quantitative estimate of drug-likeness (QED) is 0.419. The predicted octanol–water partition coefficient (Wildman–Crippen LogP) is 5.41. The number of hydrogen-bond acceptors (Lipinski definition) is 1. The second-order valence-electron chi connectivity index (χ2n) is 6.29. The van der Waals surface area contributed by atoms with Gasteiger partial charge in [-0.3, -0.25) is 0 Å². The van der Waals surface area contributed by atoms with Crippen LogP contribution >= 0.6 is 0 Å². The van der Waals surface area contributed by atoms with E-state index in [0.717, 1.165) is 24.3 Å². The minimum absolute atomic E-state index is 0.956. The summed E-state index contributed by atoms with van der Waals surface area (Å²) in [6, 6.07) is 15.3. The topological polar surface area (TPSA) is 9.23 Å². The molecule has 0 atom stereocenters. The van der Waals surface area contributed by atoms with E-state index in [1.54, 1.807) is 0 Å². The second-order valence-corrected chi connectivity index (χ2v) is 6.29. The van der Waals surface area contributed by atoms with Gasteiger partial charge in [0, 0.05) is 17.5 Å². The molecule has 0 amide bonds. The lowest BCUT2D eigenvalue weighted by atomic mass is 9.87. The number of aryl methyl sites for hydroxylation is 1. The molecule has 0 fully saturated rings. The Balaban J connectivity index is 1.80. The standard InChI is InChI=1S/C21H16O/c1-13-8-9-19-16(10-13)12-17-11-15-6-2-4-14-5-3-7-18(20(14)15)21(17)22-19/h2-6,8-11H,7,12H2,1H3. The lowest BCUT2D eigenvalue weighted by Gasteiger charge is -2.26. The molecule has 0 unspecified atom stereocenters. The van der Waals surface area contributed by atoms with Crippen LogP contribution < -0.4 is 4.74 Å². The van der Waals surface area contributed by atoms with E-state index in [-0.39, 0.29) is 0 Å². The summed E-state index contributed by atoms with van der Waals surface area (Å²) < 4.78 is 6.32. The third kappa shape index (κ3) is 1.59. The van der Waals surface area contributed by atoms with Crippen LogP contribution in [-0.4, -0.2) is 0 Å². The van der Waals surface area contributed by atoms with Gasteiger partial charge in [-0.1, -0.05) is 48.0 Å². The van der Waals surface area contributed by atoms with Crippen LogP contribution in [0.15, 0.2) is 48.5 Å². The van der Waals surface area contributed by atoms with Crippen LogP contribution in [0.25, 0.3) is 16.8 Å². The van der Waals surface area contributed by atoms with Crippen LogP contribution in [0.5, 0.6) is 11.5 Å². The van der Waals surface area contributed by atoms with Gasteiger partial charge in [0.25, 0.3) is 0 Å². The lowest BCUT2D eigenvalue weighted by Crippen LogP contribution is -2.07. The van der Waals surface area contributed by atoms with Gasteiger partial charge in [-0.2, -0.15) is 0 Å². The van der Waals surface area contributed by atoms with E-state index < -0.39 is 0 Å². The average Bonchev–Trinajstić information content (AvgIpc) is 2.54. The third-order valence-corrected chi connectivity index (χ3v) is 4.75. The van der Waals surface area contributed by atoms with Crippen molar-refractivity contribution in [2.75, 3.05) is 0 Å². The highest BCUT2D eigenvalue weighted by Gasteiger charge is 2.23. The van der Waals surface area contributed by atoms with Gasteiger partial charge in [0.2, 0.25) is 0 Å². The van der Waals surface area contributed by atoms with Crippen molar-refractivity contribution in [3.63, 3.8) is 0 Å². The average molecular weight is 284 g/mol. The van der Waals surface area contributed by atoms with Gasteiger partial charge in [-0.15, -0.1) is 0 Å². The van der Waals surface area contributed by atoms with Crippen molar-refractivity contribution in [2.45, 2.75) is 19.8 Å². The molecule has 2 aliphatic rings. The Kier molecular flexibility index (Phi) is 2.32. The van der Waals surface area contributed by atoms with Gasteiger partial charge in [0.1, 0.15) is 11.5 Å². The molecule has 0 saturated carbocycles. The molecule has 0 N–H and O–H groups in total. The number of benzene rings is 3. The van der Waals surface area contributed by atoms with Crippen LogP contribution in [0, 0.1) is 6.92 Å². The van der Waals surface area contributed by atoms with Crippen LogP contribution in [0.1, 0.15) is 27.8 Å². The Morgan fingerprint density at radius 2 is 1.95 bits per heavy atom. The normalized spacial score (nSPS) is 14.4. The highest BCUT2D eigenvalue weighted by molar-refractivity contribution is 5.97. The summed E-state index contributed by atoms with van der Waals surface area (Å²) in [7, 11) is 0. The molecule has 1 heterocycles. The van der Waals surface area contributed by atoms with Gasteiger partial charge in [0.05, 0.1) is 0 Å². The molecule has 1 aliphatic carbocycles. The Labute approximate surface area is 129 Å². The molecular weight excluding hydrogens is 268 g/mol. The Morgan fingerprint density at radius 3 is 2.91 bits per heavy atom. The number of rotatable bonds is 0. The number of allylic oxidation sites excluding steroid dienone is 1. The Morgan fingerprint density at radius 1 is 1.00 bits per heavy atom. The van der Waals surface area contributed by atoms with Gasteiger partial charge in [-0.05, 0) is 47.4 Å². The molecule has 0 spiro atoms. The number of fused-ring (bicyclic) bond motifs is 3. The molecular formula is C21H16O. The van der Waals surface area contributed by atoms with Crippen LogP contribution in [0.3, 0.4) is 0 Å². The maximum Gasteiger partial charge on any atom is 0.135 e. The highest BCUT2D eigenvalue weighted by Crippen LogP contribution is 2.44. The van der Waals surface area contributed by atoms with E-state index in [4.69, 9.17) is 4.74 Å². The van der Waals surface area contributed by atoms with Crippen molar-refractivity contribution in [3.05, 3.63) is 76.4 Å². The maximum atomic E-state index is 6.32. The summed E-state index contributed by atoms with van der Waals surface area (Å²) in [5.41, 5.74) is 6.55. The first kappa shape index (κ1) is 12.0. The molecule has 5 rings (SSSR count). The molecule has 3 aromatic rings. The molecule has 0 saturated heterocycles. The van der Waals surface area contributed by atoms with Crippen LogP contribution in [-0.2, 0) is 12.8 Å². The van der Waals surface area contributed by atoms with Crippen molar-refractivity contribution in [3.8, 4) is 11.5 Å². The molecule has 106 valence electrons. The van der Waals surface area contributed by atoms with Crippen molar-refractivity contribution in [1.29, 1.82) is 0 Å². The maximum absolute atomic E-state index is 6.32. The number of ether oxygens (including phenoxy) is 1. The molecule has 1 nitrogen and oxygen atoms in total. The molecule has 1 heteroatoms. The number of hydrogen-bond donors (Lipinski definition) is 0. The summed E-state index contributed by atoms with van der Waals surface area (Å²) in [5.74, 6) is 2.10. The van der Waals surface area contributed by atoms with E-state index in [2.05, 4.69) is 61.5 Å². The van der Waals surface area contributed by atoms with E-state index in [9.17, 15) is 0 Å². The van der Waals surface area contributed by atoms with E-state index in [1.807, 2.05) is 0 Å². The molecule has 0 radical (unpaired) electrons. The van der Waals surface area contributed by atoms with Crippen molar-refractivity contribution < 1.29 is 4.74 Å². The predicted molar refractivity (Wildman–Crippen MR) is 90.7 cm³/mol. The van der Waals surface area contributed by atoms with Gasteiger partial charge >= 0.3 is 0 Å². The van der Waals surface area contributed by atoms with Crippen molar-refractivity contribution in [2.24, 2.45) is 0 Å². The smallest absolute Gasteiger partial charge is 0.135 e. The molecule has 22 heavy (non-hydrogen) atoms. The minimum Gasteiger partial charge on any atom is -0.456 e. The summed E-state index contributed by atoms with van der Waals surface area (Å²) >= 11 is 0. The highest BCUT2D eigenvalue weighted by atomic mass is 16.5. The van der Waals surface area contributed by atoms with Crippen molar-refractivity contribution in [1.82, 2.24) is 0 Å². The van der Waals surface area contributed by atoms with Crippen molar-refractivity contribution >= 4 is 16.8 Å². The fourth-order valence-corrected chi connectivity index (χ4v) is 3.78. The van der Waals surface area contributed by atoms with Gasteiger partial charge < -0.3 is 4.74 Å². The summed E-state index contributed by atoms with van der Waals surface area (Å²) in [6.45, 7) is 2.14. The Bertz CT molecular complexity index is 963. The van der Waals surface area contributed by atoms with E-state index in [1.165, 1.54) is 38.6 Å². The SMILES string of the molecule is Cc1ccc2c(c1)Cc1cc3cccc4c3c(c1O2)CC=C4. The molecule has 3 aromatic carbocycles. The first-order valence-corrected chi connectivity index (χ1v) is 7.81. The van der Waals surface area contributed by atoms with E-state index >= 15 is 0 Å². The summed E-state index contributed by atoms with van der Waals surface area (Å²) in [4.78, 5) is 0. The fraction of sp³-hybridized carbons (Fsp3) is 0.143. The monoisotopic (exact) mass is 284 g/mol. The zero-order chi connectivity index (χ0) is 14.7. The second kappa shape index (κ2) is 4.23. The molecule has 1 aliphatic heterocycles. The fourth-order valence-electron chi connectivity index (χ4n) is 3.78. The largest absolute Gasteiger partial charge is 0.456 e. The Hall–Kier alpha value is -2.54. The third-order valence-electron chi connectivity index (χ3n) is 4.75. The van der Waals surface area contributed by atoms with E-state index in [0.29, 0.717) is 0 Å². The summed E-state index contributed by atoms with van der Waals surface area (Å²) in [5, 5.41) is 2.69. The molecule has 0 aromatic heterocycles. The van der Waals surface area contributed by atoms with Gasteiger partial charge in [0.15, 0.2) is 0 Å².